The smallest absolute Gasteiger partial charge is 0.120 e. The molecule has 4 unspecified atom stereocenters. The van der Waals surface area contributed by atoms with Crippen LogP contribution in [0.5, 0.6) is 5.75 Å². The van der Waals surface area contributed by atoms with E-state index in [0.717, 1.165) is 29.4 Å². The monoisotopic (exact) mass is 404 g/mol. The molecule has 2 aliphatic carbocycles. The number of benzene rings is 2. The van der Waals surface area contributed by atoms with E-state index >= 15 is 0 Å². The summed E-state index contributed by atoms with van der Waals surface area (Å²) in [5, 5.41) is 2.64. The second-order valence-electron chi connectivity index (χ2n) is 9.85. The highest BCUT2D eigenvalue weighted by molar-refractivity contribution is 5.84. The summed E-state index contributed by atoms with van der Waals surface area (Å²) in [7, 11) is 0. The summed E-state index contributed by atoms with van der Waals surface area (Å²) in [6.07, 6.45) is 18.6. The highest BCUT2D eigenvalue weighted by atomic mass is 16.5. The Bertz CT molecular complexity index is 835. The van der Waals surface area contributed by atoms with Crippen molar-refractivity contribution >= 4 is 10.8 Å². The fraction of sp³-hybridized carbons (Fsp3) is 0.586. The average molecular weight is 405 g/mol. The van der Waals surface area contributed by atoms with Gasteiger partial charge in [0.25, 0.3) is 0 Å². The molecular formula is C29H40O. The highest BCUT2D eigenvalue weighted by Gasteiger charge is 2.35. The largest absolute Gasteiger partial charge is 0.490 e. The van der Waals surface area contributed by atoms with E-state index in [1.165, 1.54) is 75.0 Å². The van der Waals surface area contributed by atoms with Gasteiger partial charge in [0.2, 0.25) is 0 Å². The van der Waals surface area contributed by atoms with E-state index in [0.29, 0.717) is 6.61 Å². The molecule has 0 amide bonds. The number of unbranched alkanes of at least 4 members (excludes halogenated alkanes) is 2. The maximum absolute atomic E-state index is 5.81. The van der Waals surface area contributed by atoms with E-state index < -0.39 is 0 Å². The van der Waals surface area contributed by atoms with Gasteiger partial charge in [-0.2, -0.15) is 0 Å². The summed E-state index contributed by atoms with van der Waals surface area (Å²) in [6, 6.07) is 13.7. The summed E-state index contributed by atoms with van der Waals surface area (Å²) in [4.78, 5) is 0. The zero-order valence-corrected chi connectivity index (χ0v) is 19.1. The van der Waals surface area contributed by atoms with E-state index in [1.807, 2.05) is 19.1 Å². The number of rotatable bonds is 8. The summed E-state index contributed by atoms with van der Waals surface area (Å²) in [5.74, 6) is 4.74. The lowest BCUT2D eigenvalue weighted by atomic mass is 9.63. The topological polar surface area (TPSA) is 9.23 Å². The minimum absolute atomic E-state index is 0.643. The van der Waals surface area contributed by atoms with E-state index in [2.05, 4.69) is 43.3 Å². The van der Waals surface area contributed by atoms with Gasteiger partial charge in [-0.25, -0.2) is 0 Å². The molecule has 0 N–H and O–H groups in total. The minimum atomic E-state index is 0.643. The maximum atomic E-state index is 5.81. The minimum Gasteiger partial charge on any atom is -0.490 e. The van der Waals surface area contributed by atoms with Gasteiger partial charge < -0.3 is 4.74 Å². The van der Waals surface area contributed by atoms with Crippen LogP contribution in [0, 0.1) is 17.8 Å². The highest BCUT2D eigenvalue weighted by Crippen LogP contribution is 2.48. The van der Waals surface area contributed by atoms with Crippen LogP contribution in [-0.4, -0.2) is 6.61 Å². The Labute approximate surface area is 183 Å². The van der Waals surface area contributed by atoms with Gasteiger partial charge in [-0.3, -0.25) is 0 Å². The SMILES string of the molecule is CC=CCOc1ccc2cc(C3CCC4CC(CCCCC)CCC4C3)ccc2c1. The third kappa shape index (κ3) is 5.29. The van der Waals surface area contributed by atoms with Crippen LogP contribution in [0.25, 0.3) is 10.8 Å². The average Bonchev–Trinajstić information content (AvgIpc) is 2.78. The van der Waals surface area contributed by atoms with Gasteiger partial charge in [0.1, 0.15) is 12.4 Å². The zero-order chi connectivity index (χ0) is 20.8. The van der Waals surface area contributed by atoms with Crippen LogP contribution in [0.3, 0.4) is 0 Å². The van der Waals surface area contributed by atoms with Crippen molar-refractivity contribution in [3.63, 3.8) is 0 Å². The number of ether oxygens (including phenoxy) is 1. The standard InChI is InChI=1S/C29H40O/c1-3-5-7-8-22-9-10-24-19-25(12-11-23(24)18-22)26-13-14-28-21-29(30-17-6-4-2)16-15-27(28)20-26/h4,6,13-16,20-25H,3,5,7-12,17-19H2,1-2H3. The van der Waals surface area contributed by atoms with Crippen LogP contribution in [0.2, 0.25) is 0 Å². The molecule has 2 saturated carbocycles. The number of hydrogen-bond donors (Lipinski definition) is 0. The Morgan fingerprint density at radius 1 is 0.900 bits per heavy atom. The molecule has 0 spiro atoms. The van der Waals surface area contributed by atoms with Crippen molar-refractivity contribution in [1.29, 1.82) is 0 Å². The molecule has 1 heteroatoms. The third-order valence-electron chi connectivity index (χ3n) is 7.83. The van der Waals surface area contributed by atoms with Crippen LogP contribution < -0.4 is 4.74 Å². The molecule has 1 nitrogen and oxygen atoms in total. The van der Waals surface area contributed by atoms with Gasteiger partial charge in [-0.1, -0.05) is 75.4 Å². The third-order valence-corrected chi connectivity index (χ3v) is 7.83. The van der Waals surface area contributed by atoms with Crippen molar-refractivity contribution in [2.45, 2.75) is 84.0 Å². The maximum Gasteiger partial charge on any atom is 0.120 e. The van der Waals surface area contributed by atoms with Gasteiger partial charge in [0.05, 0.1) is 0 Å². The van der Waals surface area contributed by atoms with Crippen molar-refractivity contribution in [2.75, 3.05) is 6.61 Å². The van der Waals surface area contributed by atoms with E-state index in [9.17, 15) is 0 Å². The molecule has 0 bridgehead atoms. The van der Waals surface area contributed by atoms with Crippen molar-refractivity contribution < 1.29 is 4.74 Å². The van der Waals surface area contributed by atoms with Crippen LogP contribution in [-0.2, 0) is 0 Å². The lowest BCUT2D eigenvalue weighted by Crippen LogP contribution is -2.30. The van der Waals surface area contributed by atoms with Gasteiger partial charge in [0.15, 0.2) is 0 Å². The van der Waals surface area contributed by atoms with Gasteiger partial charge in [0, 0.05) is 0 Å². The molecule has 2 aromatic carbocycles. The predicted molar refractivity (Wildman–Crippen MR) is 129 cm³/mol. The van der Waals surface area contributed by atoms with Crippen LogP contribution in [0.1, 0.15) is 89.5 Å². The van der Waals surface area contributed by atoms with E-state index in [4.69, 9.17) is 4.74 Å². The van der Waals surface area contributed by atoms with Crippen molar-refractivity contribution in [1.82, 2.24) is 0 Å². The quantitative estimate of drug-likeness (QED) is 0.316. The molecular weight excluding hydrogens is 364 g/mol. The number of allylic oxidation sites excluding steroid dienone is 1. The second kappa shape index (κ2) is 10.5. The molecule has 4 atom stereocenters. The molecule has 0 heterocycles. The first-order valence-electron chi connectivity index (χ1n) is 12.5. The fourth-order valence-electron chi connectivity index (χ4n) is 6.06. The lowest BCUT2D eigenvalue weighted by Gasteiger charge is -2.42. The van der Waals surface area contributed by atoms with Gasteiger partial charge in [-0.05, 0) is 91.2 Å². The van der Waals surface area contributed by atoms with Crippen molar-refractivity contribution in [2.24, 2.45) is 17.8 Å². The van der Waals surface area contributed by atoms with Gasteiger partial charge >= 0.3 is 0 Å². The summed E-state index contributed by atoms with van der Waals surface area (Å²) in [5.41, 5.74) is 1.56. The van der Waals surface area contributed by atoms with Crippen LogP contribution in [0.4, 0.5) is 0 Å². The predicted octanol–water partition coefficient (Wildman–Crippen LogP) is 8.68. The molecule has 2 fully saturated rings. The summed E-state index contributed by atoms with van der Waals surface area (Å²) >= 11 is 0. The molecule has 0 saturated heterocycles. The Morgan fingerprint density at radius 2 is 1.70 bits per heavy atom. The molecule has 0 aliphatic heterocycles. The van der Waals surface area contributed by atoms with Crippen molar-refractivity contribution in [3.8, 4) is 5.75 Å². The first-order chi connectivity index (χ1) is 14.8. The molecule has 0 aromatic heterocycles. The van der Waals surface area contributed by atoms with E-state index in [-0.39, 0.29) is 0 Å². The Hall–Kier alpha value is -1.76. The molecule has 2 aromatic rings. The Kier molecular flexibility index (Phi) is 7.52. The Balaban J connectivity index is 1.36. The summed E-state index contributed by atoms with van der Waals surface area (Å²) < 4.78 is 5.81. The zero-order valence-electron chi connectivity index (χ0n) is 19.1. The molecule has 0 radical (unpaired) electrons. The number of hydrogen-bond acceptors (Lipinski definition) is 1. The Morgan fingerprint density at radius 3 is 2.57 bits per heavy atom. The molecule has 4 rings (SSSR count). The molecule has 162 valence electrons. The number of fused-ring (bicyclic) bond motifs is 2. The molecule has 2 aliphatic rings. The van der Waals surface area contributed by atoms with Gasteiger partial charge in [-0.15, -0.1) is 0 Å². The normalized spacial score (nSPS) is 26.7. The first-order valence-corrected chi connectivity index (χ1v) is 12.5. The first kappa shape index (κ1) is 21.5. The summed E-state index contributed by atoms with van der Waals surface area (Å²) in [6.45, 7) is 4.99. The lowest BCUT2D eigenvalue weighted by molar-refractivity contribution is 0.113. The fourth-order valence-corrected chi connectivity index (χ4v) is 6.06. The van der Waals surface area contributed by atoms with Crippen LogP contribution in [0.15, 0.2) is 48.6 Å². The van der Waals surface area contributed by atoms with Crippen molar-refractivity contribution in [3.05, 3.63) is 54.1 Å². The second-order valence-corrected chi connectivity index (χ2v) is 9.85. The molecule has 30 heavy (non-hydrogen) atoms. The van der Waals surface area contributed by atoms with Crippen LogP contribution >= 0.6 is 0 Å². The van der Waals surface area contributed by atoms with E-state index in [1.54, 1.807) is 5.56 Å².